The summed E-state index contributed by atoms with van der Waals surface area (Å²) < 4.78 is 5.32. The van der Waals surface area contributed by atoms with Crippen LogP contribution in [0.1, 0.15) is 44.1 Å². The van der Waals surface area contributed by atoms with Crippen LogP contribution in [0.4, 0.5) is 0 Å². The van der Waals surface area contributed by atoms with Gasteiger partial charge in [0.25, 0.3) is 5.91 Å². The van der Waals surface area contributed by atoms with Gasteiger partial charge in [-0.25, -0.2) is 0 Å². The summed E-state index contributed by atoms with van der Waals surface area (Å²) >= 11 is 0. The smallest absolute Gasteiger partial charge is 0.262 e. The van der Waals surface area contributed by atoms with Gasteiger partial charge in [-0.2, -0.15) is 5.26 Å². The molecule has 1 rings (SSSR count). The Morgan fingerprint density at radius 1 is 1.42 bits per heavy atom. The molecule has 0 spiro atoms. The van der Waals surface area contributed by atoms with Crippen LogP contribution in [0.3, 0.4) is 0 Å². The monoisotopic (exact) mass is 260 g/mol. The Labute approximate surface area is 114 Å². The van der Waals surface area contributed by atoms with Crippen LogP contribution >= 0.6 is 0 Å². The lowest BCUT2D eigenvalue weighted by atomic mass is 10.2. The van der Waals surface area contributed by atoms with Gasteiger partial charge < -0.3 is 9.73 Å². The maximum absolute atomic E-state index is 11.8. The van der Waals surface area contributed by atoms with Crippen molar-refractivity contribution in [1.29, 1.82) is 5.26 Å². The number of nitrogens with one attached hydrogen (secondary N) is 1. The molecule has 4 nitrogen and oxygen atoms in total. The molecule has 1 aromatic heterocycles. The third-order valence-corrected chi connectivity index (χ3v) is 2.73. The summed E-state index contributed by atoms with van der Waals surface area (Å²) in [6, 6.07) is 5.43. The Kier molecular flexibility index (Phi) is 6.45. The second-order valence-corrected chi connectivity index (χ2v) is 4.43. The van der Waals surface area contributed by atoms with E-state index in [0.29, 0.717) is 12.3 Å². The molecule has 102 valence electrons. The molecule has 0 aliphatic carbocycles. The molecule has 0 atom stereocenters. The zero-order chi connectivity index (χ0) is 14.1. The van der Waals surface area contributed by atoms with E-state index < -0.39 is 0 Å². The lowest BCUT2D eigenvalue weighted by Gasteiger charge is -2.03. The van der Waals surface area contributed by atoms with Gasteiger partial charge in [0.15, 0.2) is 0 Å². The first-order valence-electron chi connectivity index (χ1n) is 6.63. The van der Waals surface area contributed by atoms with E-state index in [4.69, 9.17) is 9.68 Å². The van der Waals surface area contributed by atoms with E-state index in [1.165, 1.54) is 12.5 Å². The number of carbonyl (C=O) groups excluding carboxylic acids is 1. The Bertz CT molecular complexity index is 481. The zero-order valence-electron chi connectivity index (χ0n) is 11.5. The minimum Gasteiger partial charge on any atom is -0.462 e. The predicted molar refractivity (Wildman–Crippen MR) is 74.2 cm³/mol. The molecule has 0 radical (unpaired) electrons. The fourth-order valence-corrected chi connectivity index (χ4v) is 1.67. The molecule has 1 heterocycles. The van der Waals surface area contributed by atoms with Crippen LogP contribution < -0.4 is 5.32 Å². The van der Waals surface area contributed by atoms with Crippen LogP contribution in [-0.4, -0.2) is 12.5 Å². The summed E-state index contributed by atoms with van der Waals surface area (Å²) in [7, 11) is 0. The second-order valence-electron chi connectivity index (χ2n) is 4.43. The molecule has 0 saturated heterocycles. The summed E-state index contributed by atoms with van der Waals surface area (Å²) in [5.41, 5.74) is 0.0739. The molecule has 19 heavy (non-hydrogen) atoms. The van der Waals surface area contributed by atoms with Gasteiger partial charge in [-0.1, -0.05) is 26.2 Å². The van der Waals surface area contributed by atoms with Gasteiger partial charge >= 0.3 is 0 Å². The summed E-state index contributed by atoms with van der Waals surface area (Å²) in [5.74, 6) is 0.937. The molecule has 0 unspecified atom stereocenters. The minimum atomic E-state index is -0.340. The number of hydrogen-bond donors (Lipinski definition) is 1. The summed E-state index contributed by atoms with van der Waals surface area (Å²) in [6.07, 6.45) is 5.84. The number of furan rings is 1. The standard InChI is InChI=1S/C15H20N2O2/c1-3-4-5-6-9-17-15(18)13(11-16)10-14-8-7-12(2)19-14/h7-8,10H,3-6,9H2,1-2H3,(H,17,18). The SMILES string of the molecule is CCCCCCNC(=O)C(C#N)=Cc1ccc(C)o1. The molecule has 0 bridgehead atoms. The van der Waals surface area contributed by atoms with E-state index in [-0.39, 0.29) is 11.5 Å². The third-order valence-electron chi connectivity index (χ3n) is 2.73. The number of aryl methyl sites for hydroxylation is 1. The maximum Gasteiger partial charge on any atom is 0.262 e. The van der Waals surface area contributed by atoms with Gasteiger partial charge in [0, 0.05) is 12.6 Å². The Morgan fingerprint density at radius 2 is 2.21 bits per heavy atom. The third kappa shape index (κ3) is 5.43. The van der Waals surface area contributed by atoms with Gasteiger partial charge in [-0.05, 0) is 25.5 Å². The molecule has 1 N–H and O–H groups in total. The van der Waals surface area contributed by atoms with Gasteiger partial charge in [0.1, 0.15) is 23.2 Å². The highest BCUT2D eigenvalue weighted by molar-refractivity contribution is 6.01. The van der Waals surface area contributed by atoms with Crippen LogP contribution in [-0.2, 0) is 4.79 Å². The molecular weight excluding hydrogens is 240 g/mol. The van der Waals surface area contributed by atoms with Crippen LogP contribution in [0.5, 0.6) is 0 Å². The second kappa shape index (κ2) is 8.15. The lowest BCUT2D eigenvalue weighted by molar-refractivity contribution is -0.117. The fraction of sp³-hybridized carbons (Fsp3) is 0.467. The van der Waals surface area contributed by atoms with Gasteiger partial charge in [0.05, 0.1) is 0 Å². The number of hydrogen-bond acceptors (Lipinski definition) is 3. The first-order valence-corrected chi connectivity index (χ1v) is 6.63. The highest BCUT2D eigenvalue weighted by atomic mass is 16.3. The van der Waals surface area contributed by atoms with Crippen LogP contribution in [0, 0.1) is 18.3 Å². The van der Waals surface area contributed by atoms with Crippen molar-refractivity contribution in [2.45, 2.75) is 39.5 Å². The molecule has 0 aliphatic rings. The van der Waals surface area contributed by atoms with Crippen molar-refractivity contribution < 1.29 is 9.21 Å². The van der Waals surface area contributed by atoms with Crippen LogP contribution in [0.15, 0.2) is 22.1 Å². The van der Waals surface area contributed by atoms with E-state index >= 15 is 0 Å². The Morgan fingerprint density at radius 3 is 2.79 bits per heavy atom. The van der Waals surface area contributed by atoms with Crippen LogP contribution in [0.2, 0.25) is 0 Å². The molecule has 0 aromatic carbocycles. The number of rotatable bonds is 7. The van der Waals surface area contributed by atoms with E-state index in [1.807, 2.05) is 13.0 Å². The highest BCUT2D eigenvalue weighted by Crippen LogP contribution is 2.11. The van der Waals surface area contributed by atoms with Crippen molar-refractivity contribution in [3.05, 3.63) is 29.2 Å². The van der Waals surface area contributed by atoms with Crippen molar-refractivity contribution in [3.8, 4) is 6.07 Å². The topological polar surface area (TPSA) is 66.0 Å². The number of amides is 1. The molecule has 0 aliphatic heterocycles. The molecule has 1 amide bonds. The van der Waals surface area contributed by atoms with E-state index in [2.05, 4.69) is 12.2 Å². The normalized spacial score (nSPS) is 11.1. The lowest BCUT2D eigenvalue weighted by Crippen LogP contribution is -2.25. The number of unbranched alkanes of at least 4 members (excludes halogenated alkanes) is 3. The van der Waals surface area contributed by atoms with Crippen molar-refractivity contribution in [1.82, 2.24) is 5.32 Å². The average Bonchev–Trinajstić information content (AvgIpc) is 2.81. The van der Waals surface area contributed by atoms with Gasteiger partial charge in [0.2, 0.25) is 0 Å². The Balaban J connectivity index is 2.49. The van der Waals surface area contributed by atoms with Gasteiger partial charge in [-0.15, -0.1) is 0 Å². The van der Waals surface area contributed by atoms with E-state index in [0.717, 1.165) is 25.0 Å². The van der Waals surface area contributed by atoms with Crippen molar-refractivity contribution in [2.24, 2.45) is 0 Å². The van der Waals surface area contributed by atoms with Crippen molar-refractivity contribution in [3.63, 3.8) is 0 Å². The fourth-order valence-electron chi connectivity index (χ4n) is 1.67. The average molecular weight is 260 g/mol. The molecule has 0 saturated carbocycles. The first-order chi connectivity index (χ1) is 9.17. The first kappa shape index (κ1) is 15.0. The summed E-state index contributed by atoms with van der Waals surface area (Å²) in [6.45, 7) is 4.56. The number of carbonyl (C=O) groups is 1. The maximum atomic E-state index is 11.8. The molecular formula is C15H20N2O2. The van der Waals surface area contributed by atoms with Crippen LogP contribution in [0.25, 0.3) is 6.08 Å². The van der Waals surface area contributed by atoms with E-state index in [9.17, 15) is 4.79 Å². The number of nitriles is 1. The van der Waals surface area contributed by atoms with Crippen molar-refractivity contribution >= 4 is 12.0 Å². The Hall–Kier alpha value is -2.02. The quantitative estimate of drug-likeness (QED) is 0.465. The summed E-state index contributed by atoms with van der Waals surface area (Å²) in [4.78, 5) is 11.8. The largest absolute Gasteiger partial charge is 0.462 e. The minimum absolute atomic E-state index is 0.0739. The highest BCUT2D eigenvalue weighted by Gasteiger charge is 2.09. The van der Waals surface area contributed by atoms with Crippen molar-refractivity contribution in [2.75, 3.05) is 6.54 Å². The number of nitrogens with zero attached hydrogens (tertiary/aromatic N) is 1. The van der Waals surface area contributed by atoms with Gasteiger partial charge in [-0.3, -0.25) is 4.79 Å². The predicted octanol–water partition coefficient (Wildman–Crippen LogP) is 3.19. The molecule has 0 fully saturated rings. The molecule has 4 heteroatoms. The zero-order valence-corrected chi connectivity index (χ0v) is 11.5. The van der Waals surface area contributed by atoms with E-state index in [1.54, 1.807) is 12.1 Å². The summed E-state index contributed by atoms with van der Waals surface area (Å²) in [5, 5.41) is 11.7. The molecule has 1 aromatic rings.